The lowest BCUT2D eigenvalue weighted by molar-refractivity contribution is -0.116. The smallest absolute Gasteiger partial charge is 0.172 e. The molecule has 1 saturated carbocycles. The van der Waals surface area contributed by atoms with Crippen molar-refractivity contribution < 1.29 is 4.79 Å². The summed E-state index contributed by atoms with van der Waals surface area (Å²) >= 11 is 0. The molecule has 0 N–H and O–H groups in total. The van der Waals surface area contributed by atoms with E-state index in [1.165, 1.54) is 18.3 Å². The van der Waals surface area contributed by atoms with E-state index in [-0.39, 0.29) is 11.7 Å². The molecule has 0 radical (unpaired) electrons. The summed E-state index contributed by atoms with van der Waals surface area (Å²) in [4.78, 5) is 20.4. The molecule has 0 saturated heterocycles. The van der Waals surface area contributed by atoms with Gasteiger partial charge in [-0.15, -0.1) is 0 Å². The first kappa shape index (κ1) is 10.4. The Morgan fingerprint density at radius 2 is 2.18 bits per heavy atom. The van der Waals surface area contributed by atoms with Crippen LogP contribution in [0.4, 0.5) is 0 Å². The lowest BCUT2D eigenvalue weighted by Crippen LogP contribution is -2.24. The second kappa shape index (κ2) is 4.24. The number of carbonyl (C=O) groups excluding carboxylic acids is 1. The predicted octanol–water partition coefficient (Wildman–Crippen LogP) is 2.56. The summed E-state index contributed by atoms with van der Waals surface area (Å²) in [5.74, 6) is 0.347. The maximum atomic E-state index is 12.4. The zero-order valence-corrected chi connectivity index (χ0v) is 9.60. The number of carbonyl (C=O) groups is 1. The first-order valence-electron chi connectivity index (χ1n) is 6.07. The highest BCUT2D eigenvalue weighted by Gasteiger charge is 2.30. The van der Waals surface area contributed by atoms with Crippen LogP contribution in [0.3, 0.4) is 0 Å². The van der Waals surface area contributed by atoms with Gasteiger partial charge in [0.05, 0.1) is 5.69 Å². The second-order valence-electron chi connectivity index (χ2n) is 4.58. The van der Waals surface area contributed by atoms with Gasteiger partial charge in [-0.1, -0.05) is 18.1 Å². The first-order valence-corrected chi connectivity index (χ1v) is 6.07. The lowest BCUT2D eigenvalue weighted by atomic mass is 9.76. The molecule has 1 atom stereocenters. The van der Waals surface area contributed by atoms with Gasteiger partial charge in [0, 0.05) is 17.7 Å². The molecular weight excluding hydrogens is 212 g/mol. The lowest BCUT2D eigenvalue weighted by Gasteiger charge is -2.27. The molecule has 0 amide bonds. The molecule has 1 aromatic rings. The summed E-state index contributed by atoms with van der Waals surface area (Å²) in [7, 11) is 0. The quantitative estimate of drug-likeness (QED) is 0.739. The molecule has 2 aliphatic carbocycles. The highest BCUT2D eigenvalue weighted by atomic mass is 16.1. The summed E-state index contributed by atoms with van der Waals surface area (Å²) in [6, 6.07) is 1.80. The largest absolute Gasteiger partial charge is 0.293 e. The van der Waals surface area contributed by atoms with Crippen LogP contribution in [-0.2, 0) is 4.79 Å². The van der Waals surface area contributed by atoms with Crippen LogP contribution in [0.25, 0.3) is 5.57 Å². The number of allylic oxidation sites excluding steroid dienone is 4. The van der Waals surface area contributed by atoms with Crippen LogP contribution in [-0.4, -0.2) is 15.8 Å². The van der Waals surface area contributed by atoms with Crippen molar-refractivity contribution in [2.24, 2.45) is 5.92 Å². The van der Waals surface area contributed by atoms with Gasteiger partial charge in [-0.05, 0) is 31.4 Å². The van der Waals surface area contributed by atoms with Gasteiger partial charge in [-0.2, -0.15) is 0 Å². The molecule has 3 heteroatoms. The number of rotatable bonds is 1. The number of hydrogen-bond donors (Lipinski definition) is 0. The van der Waals surface area contributed by atoms with Crippen molar-refractivity contribution in [3.8, 4) is 0 Å². The third-order valence-corrected chi connectivity index (χ3v) is 3.56. The van der Waals surface area contributed by atoms with Crippen molar-refractivity contribution in [3.05, 3.63) is 42.0 Å². The van der Waals surface area contributed by atoms with Crippen LogP contribution >= 0.6 is 0 Å². The number of aromatic nitrogens is 2. The standard InChI is InChI=1S/C14H14N2O/c17-14-11-4-2-1-3-10(11)5-6-12(14)13-7-8-15-9-16-13/h5-9,11H,1-4H2. The summed E-state index contributed by atoms with van der Waals surface area (Å²) < 4.78 is 0. The maximum absolute atomic E-state index is 12.4. The molecule has 1 unspecified atom stereocenters. The highest BCUT2D eigenvalue weighted by molar-refractivity contribution is 6.23. The molecule has 0 aliphatic heterocycles. The number of hydrogen-bond acceptors (Lipinski definition) is 3. The van der Waals surface area contributed by atoms with Crippen molar-refractivity contribution in [2.45, 2.75) is 25.7 Å². The van der Waals surface area contributed by atoms with E-state index >= 15 is 0 Å². The van der Waals surface area contributed by atoms with Crippen LogP contribution in [0.1, 0.15) is 31.4 Å². The molecule has 3 nitrogen and oxygen atoms in total. The van der Waals surface area contributed by atoms with E-state index in [9.17, 15) is 4.79 Å². The number of fused-ring (bicyclic) bond motifs is 1. The summed E-state index contributed by atoms with van der Waals surface area (Å²) in [5, 5.41) is 0. The number of ketones is 1. The summed E-state index contributed by atoms with van der Waals surface area (Å²) in [6.07, 6.45) is 11.6. The SMILES string of the molecule is O=C1C(c2ccncn2)=CC=C2CCCCC12. The number of nitrogens with zero attached hydrogens (tertiary/aromatic N) is 2. The van der Waals surface area contributed by atoms with Crippen molar-refractivity contribution >= 4 is 11.4 Å². The molecule has 0 bridgehead atoms. The molecular formula is C14H14N2O. The van der Waals surface area contributed by atoms with Gasteiger partial charge < -0.3 is 0 Å². The fourth-order valence-corrected chi connectivity index (χ4v) is 2.66. The molecule has 3 rings (SSSR count). The Balaban J connectivity index is 1.99. The third-order valence-electron chi connectivity index (χ3n) is 3.56. The Hall–Kier alpha value is -1.77. The van der Waals surface area contributed by atoms with E-state index in [2.05, 4.69) is 16.0 Å². The molecule has 1 heterocycles. The van der Waals surface area contributed by atoms with Gasteiger partial charge in [0.2, 0.25) is 0 Å². The minimum Gasteiger partial charge on any atom is -0.293 e. The topological polar surface area (TPSA) is 42.9 Å². The molecule has 1 aromatic heterocycles. The Kier molecular flexibility index (Phi) is 2.59. The molecule has 0 spiro atoms. The Morgan fingerprint density at radius 3 is 3.00 bits per heavy atom. The summed E-state index contributed by atoms with van der Waals surface area (Å²) in [5.41, 5.74) is 2.79. The Morgan fingerprint density at radius 1 is 1.24 bits per heavy atom. The van der Waals surface area contributed by atoms with Crippen LogP contribution < -0.4 is 0 Å². The Labute approximate surface area is 100 Å². The van der Waals surface area contributed by atoms with E-state index in [1.54, 1.807) is 12.3 Å². The molecule has 0 aromatic carbocycles. The number of Topliss-reactive ketones (excluding diaryl/α,β-unsaturated/α-hetero) is 1. The monoisotopic (exact) mass is 226 g/mol. The van der Waals surface area contributed by atoms with Crippen LogP contribution in [0, 0.1) is 5.92 Å². The van der Waals surface area contributed by atoms with E-state index in [0.717, 1.165) is 30.5 Å². The molecule has 17 heavy (non-hydrogen) atoms. The van der Waals surface area contributed by atoms with Gasteiger partial charge in [0.25, 0.3) is 0 Å². The van der Waals surface area contributed by atoms with Crippen molar-refractivity contribution in [3.63, 3.8) is 0 Å². The van der Waals surface area contributed by atoms with E-state index in [0.29, 0.717) is 0 Å². The fraction of sp³-hybridized carbons (Fsp3) is 0.357. The van der Waals surface area contributed by atoms with Crippen molar-refractivity contribution in [2.75, 3.05) is 0 Å². The normalized spacial score (nSPS) is 23.8. The zero-order chi connectivity index (χ0) is 11.7. The Bertz CT molecular complexity index is 502. The van der Waals surface area contributed by atoms with Crippen LogP contribution in [0.2, 0.25) is 0 Å². The molecule has 86 valence electrons. The average Bonchev–Trinajstić information content (AvgIpc) is 2.40. The minimum atomic E-state index is 0.110. The third kappa shape index (κ3) is 1.82. The minimum absolute atomic E-state index is 0.110. The van der Waals surface area contributed by atoms with Crippen molar-refractivity contribution in [1.82, 2.24) is 9.97 Å². The van der Waals surface area contributed by atoms with Gasteiger partial charge in [0.15, 0.2) is 5.78 Å². The predicted molar refractivity (Wildman–Crippen MR) is 65.1 cm³/mol. The van der Waals surface area contributed by atoms with E-state index < -0.39 is 0 Å². The van der Waals surface area contributed by atoms with Gasteiger partial charge in [-0.3, -0.25) is 4.79 Å². The maximum Gasteiger partial charge on any atom is 0.172 e. The fourth-order valence-electron chi connectivity index (χ4n) is 2.66. The van der Waals surface area contributed by atoms with E-state index in [4.69, 9.17) is 0 Å². The first-order chi connectivity index (χ1) is 8.36. The van der Waals surface area contributed by atoms with Gasteiger partial charge >= 0.3 is 0 Å². The average molecular weight is 226 g/mol. The van der Waals surface area contributed by atoms with E-state index in [1.807, 2.05) is 6.08 Å². The van der Waals surface area contributed by atoms with Crippen LogP contribution in [0.5, 0.6) is 0 Å². The molecule has 2 aliphatic rings. The van der Waals surface area contributed by atoms with Crippen LogP contribution in [0.15, 0.2) is 36.3 Å². The van der Waals surface area contributed by atoms with Gasteiger partial charge in [-0.25, -0.2) is 9.97 Å². The molecule has 1 fully saturated rings. The second-order valence-corrected chi connectivity index (χ2v) is 4.58. The summed E-state index contributed by atoms with van der Waals surface area (Å²) in [6.45, 7) is 0. The highest BCUT2D eigenvalue weighted by Crippen LogP contribution is 2.36. The van der Waals surface area contributed by atoms with Crippen molar-refractivity contribution in [1.29, 1.82) is 0 Å². The zero-order valence-electron chi connectivity index (χ0n) is 9.60. The van der Waals surface area contributed by atoms with Gasteiger partial charge in [0.1, 0.15) is 6.33 Å².